The first-order chi connectivity index (χ1) is 13.5. The number of anilines is 1. The third-order valence-electron chi connectivity index (χ3n) is 4.43. The summed E-state index contributed by atoms with van der Waals surface area (Å²) in [6, 6.07) is 10.4. The minimum absolute atomic E-state index is 0.0413. The summed E-state index contributed by atoms with van der Waals surface area (Å²) in [5.41, 5.74) is 2.06. The van der Waals surface area contributed by atoms with E-state index >= 15 is 0 Å². The molecule has 1 aliphatic heterocycles. The molecule has 0 bridgehead atoms. The lowest BCUT2D eigenvalue weighted by molar-refractivity contribution is -0.115. The maximum Gasteiger partial charge on any atom is 0.251 e. The van der Waals surface area contributed by atoms with Gasteiger partial charge in [0.15, 0.2) is 11.5 Å². The van der Waals surface area contributed by atoms with Crippen molar-refractivity contribution in [1.29, 1.82) is 0 Å². The monoisotopic (exact) mass is 402 g/mol. The second kappa shape index (κ2) is 8.97. The van der Waals surface area contributed by atoms with Gasteiger partial charge in [0.25, 0.3) is 5.91 Å². The van der Waals surface area contributed by atoms with Gasteiger partial charge in [-0.05, 0) is 36.8 Å². The minimum Gasteiger partial charge on any atom is -0.489 e. The van der Waals surface area contributed by atoms with E-state index in [9.17, 15) is 9.59 Å². The van der Waals surface area contributed by atoms with E-state index in [-0.39, 0.29) is 17.9 Å². The lowest BCUT2D eigenvalue weighted by atomic mass is 10.1. The van der Waals surface area contributed by atoms with E-state index in [1.165, 1.54) is 0 Å². The van der Waals surface area contributed by atoms with Gasteiger partial charge in [-0.15, -0.1) is 0 Å². The molecule has 0 radical (unpaired) electrons. The average molecular weight is 403 g/mol. The van der Waals surface area contributed by atoms with Gasteiger partial charge in [-0.25, -0.2) is 0 Å². The number of ether oxygens (including phenoxy) is 2. The Kier molecular flexibility index (Phi) is 6.41. The fourth-order valence-corrected chi connectivity index (χ4v) is 3.09. The summed E-state index contributed by atoms with van der Waals surface area (Å²) in [4.78, 5) is 24.1. The number of amides is 2. The molecule has 0 fully saturated rings. The summed E-state index contributed by atoms with van der Waals surface area (Å²) in [6.45, 7) is 4.74. The Morgan fingerprint density at radius 3 is 2.57 bits per heavy atom. The summed E-state index contributed by atoms with van der Waals surface area (Å²) >= 11 is 6.27. The number of nitrogens with one attached hydrogen (secondary N) is 2. The highest BCUT2D eigenvalue weighted by molar-refractivity contribution is 6.32. The van der Waals surface area contributed by atoms with Gasteiger partial charge < -0.3 is 20.1 Å². The van der Waals surface area contributed by atoms with Crippen molar-refractivity contribution >= 4 is 29.1 Å². The van der Waals surface area contributed by atoms with Gasteiger partial charge in [-0.1, -0.05) is 30.7 Å². The zero-order chi connectivity index (χ0) is 20.1. The van der Waals surface area contributed by atoms with Gasteiger partial charge in [0.1, 0.15) is 0 Å². The van der Waals surface area contributed by atoms with E-state index in [0.717, 1.165) is 17.7 Å². The molecule has 2 aromatic carbocycles. The van der Waals surface area contributed by atoms with E-state index in [4.69, 9.17) is 21.1 Å². The standard InChI is InChI=1S/C21H23ClN2O4/c1-3-19(25)24-16-7-5-14(6-8-16)13(2)23-21(26)15-11-17(22)20-18(12-15)27-9-4-10-28-20/h5-8,11-13H,3-4,9-10H2,1-2H3,(H,23,26)(H,24,25). The van der Waals surface area contributed by atoms with E-state index in [1.807, 2.05) is 31.2 Å². The molecule has 0 saturated heterocycles. The van der Waals surface area contributed by atoms with Crippen molar-refractivity contribution in [3.63, 3.8) is 0 Å². The summed E-state index contributed by atoms with van der Waals surface area (Å²) < 4.78 is 11.2. The number of benzene rings is 2. The molecule has 1 aliphatic rings. The Morgan fingerprint density at radius 2 is 1.86 bits per heavy atom. The Hall–Kier alpha value is -2.73. The summed E-state index contributed by atoms with van der Waals surface area (Å²) in [5.74, 6) is 0.668. The van der Waals surface area contributed by atoms with Crippen LogP contribution in [0.5, 0.6) is 11.5 Å². The van der Waals surface area contributed by atoms with Gasteiger partial charge in [0, 0.05) is 24.1 Å². The summed E-state index contributed by atoms with van der Waals surface area (Å²) in [7, 11) is 0. The van der Waals surface area contributed by atoms with Crippen LogP contribution < -0.4 is 20.1 Å². The van der Waals surface area contributed by atoms with Gasteiger partial charge in [0.2, 0.25) is 5.91 Å². The number of carbonyl (C=O) groups is 2. The van der Waals surface area contributed by atoms with Crippen molar-refractivity contribution in [1.82, 2.24) is 5.32 Å². The Morgan fingerprint density at radius 1 is 1.14 bits per heavy atom. The molecule has 28 heavy (non-hydrogen) atoms. The average Bonchev–Trinajstić information content (AvgIpc) is 2.94. The van der Waals surface area contributed by atoms with Crippen LogP contribution in [0, 0.1) is 0 Å². The topological polar surface area (TPSA) is 76.7 Å². The molecule has 2 amide bonds. The van der Waals surface area contributed by atoms with Crippen LogP contribution in [0.1, 0.15) is 48.7 Å². The van der Waals surface area contributed by atoms with Crippen molar-refractivity contribution in [3.8, 4) is 11.5 Å². The van der Waals surface area contributed by atoms with Crippen LogP contribution in [-0.4, -0.2) is 25.0 Å². The van der Waals surface area contributed by atoms with Crippen LogP contribution >= 0.6 is 11.6 Å². The van der Waals surface area contributed by atoms with Gasteiger partial charge >= 0.3 is 0 Å². The smallest absolute Gasteiger partial charge is 0.251 e. The predicted molar refractivity (Wildman–Crippen MR) is 108 cm³/mol. The minimum atomic E-state index is -0.256. The van der Waals surface area contributed by atoms with Crippen molar-refractivity contribution in [2.75, 3.05) is 18.5 Å². The van der Waals surface area contributed by atoms with Gasteiger partial charge in [-0.3, -0.25) is 9.59 Å². The summed E-state index contributed by atoms with van der Waals surface area (Å²) in [5, 5.41) is 6.11. The van der Waals surface area contributed by atoms with Crippen molar-refractivity contribution in [3.05, 3.63) is 52.5 Å². The highest BCUT2D eigenvalue weighted by atomic mass is 35.5. The number of hydrogen-bond acceptors (Lipinski definition) is 4. The van der Waals surface area contributed by atoms with E-state index in [2.05, 4.69) is 10.6 Å². The van der Waals surface area contributed by atoms with Crippen LogP contribution in [0.4, 0.5) is 5.69 Å². The molecular weight excluding hydrogens is 380 g/mol. The second-order valence-electron chi connectivity index (χ2n) is 6.55. The predicted octanol–water partition coefficient (Wildman–Crippen LogP) is 4.34. The highest BCUT2D eigenvalue weighted by Crippen LogP contribution is 2.38. The Bertz CT molecular complexity index is 867. The zero-order valence-electron chi connectivity index (χ0n) is 15.9. The highest BCUT2D eigenvalue weighted by Gasteiger charge is 2.19. The van der Waals surface area contributed by atoms with Crippen molar-refractivity contribution < 1.29 is 19.1 Å². The molecule has 1 atom stereocenters. The number of carbonyl (C=O) groups excluding carboxylic acids is 2. The fraction of sp³-hybridized carbons (Fsp3) is 0.333. The molecule has 0 saturated carbocycles. The number of halogens is 1. The quantitative estimate of drug-likeness (QED) is 0.779. The molecule has 3 rings (SSSR count). The first-order valence-corrected chi connectivity index (χ1v) is 9.65. The molecule has 1 unspecified atom stereocenters. The van der Waals surface area contributed by atoms with E-state index in [1.54, 1.807) is 19.1 Å². The summed E-state index contributed by atoms with van der Waals surface area (Å²) in [6.07, 6.45) is 1.19. The second-order valence-corrected chi connectivity index (χ2v) is 6.96. The lowest BCUT2D eigenvalue weighted by Gasteiger charge is -2.16. The zero-order valence-corrected chi connectivity index (χ0v) is 16.6. The van der Waals surface area contributed by atoms with Crippen LogP contribution in [0.25, 0.3) is 0 Å². The maximum atomic E-state index is 12.7. The SMILES string of the molecule is CCC(=O)Nc1ccc(C(C)NC(=O)c2cc(Cl)c3c(c2)OCCCO3)cc1. The molecule has 2 aromatic rings. The number of hydrogen-bond donors (Lipinski definition) is 2. The number of rotatable bonds is 5. The van der Waals surface area contributed by atoms with Crippen LogP contribution in [-0.2, 0) is 4.79 Å². The molecule has 0 aliphatic carbocycles. The third kappa shape index (κ3) is 4.75. The largest absolute Gasteiger partial charge is 0.489 e. The van der Waals surface area contributed by atoms with Crippen LogP contribution in [0.3, 0.4) is 0 Å². The molecular formula is C21H23ClN2O4. The molecule has 7 heteroatoms. The molecule has 0 spiro atoms. The van der Waals surface area contributed by atoms with Crippen molar-refractivity contribution in [2.45, 2.75) is 32.7 Å². The maximum absolute atomic E-state index is 12.7. The molecule has 6 nitrogen and oxygen atoms in total. The van der Waals surface area contributed by atoms with Crippen LogP contribution in [0.15, 0.2) is 36.4 Å². The first kappa shape index (κ1) is 20.0. The van der Waals surface area contributed by atoms with Gasteiger partial charge in [-0.2, -0.15) is 0 Å². The van der Waals surface area contributed by atoms with E-state index in [0.29, 0.717) is 41.7 Å². The van der Waals surface area contributed by atoms with Crippen molar-refractivity contribution in [2.24, 2.45) is 0 Å². The Labute approximate surface area is 169 Å². The van der Waals surface area contributed by atoms with Gasteiger partial charge in [0.05, 0.1) is 24.3 Å². The first-order valence-electron chi connectivity index (χ1n) is 9.27. The Balaban J connectivity index is 1.69. The third-order valence-corrected chi connectivity index (χ3v) is 4.71. The molecule has 148 valence electrons. The van der Waals surface area contributed by atoms with Crippen LogP contribution in [0.2, 0.25) is 5.02 Å². The molecule has 1 heterocycles. The lowest BCUT2D eigenvalue weighted by Crippen LogP contribution is -2.26. The fourth-order valence-electron chi connectivity index (χ4n) is 2.83. The molecule has 2 N–H and O–H groups in total. The number of fused-ring (bicyclic) bond motifs is 1. The molecule has 0 aromatic heterocycles. The normalized spacial score (nSPS) is 14.0. The van der Waals surface area contributed by atoms with E-state index < -0.39 is 0 Å².